The van der Waals surface area contributed by atoms with Gasteiger partial charge in [-0.05, 0) is 18.2 Å². The molecule has 1 aromatic rings. The predicted molar refractivity (Wildman–Crippen MR) is 54.3 cm³/mol. The van der Waals surface area contributed by atoms with Gasteiger partial charge in [0.25, 0.3) is 5.91 Å². The van der Waals surface area contributed by atoms with Crippen LogP contribution < -0.4 is 15.8 Å². The van der Waals surface area contributed by atoms with Crippen LogP contribution in [-0.4, -0.2) is 26.1 Å². The quantitative estimate of drug-likeness (QED) is 0.764. The van der Waals surface area contributed by atoms with Gasteiger partial charge in [0.2, 0.25) is 0 Å². The van der Waals surface area contributed by atoms with Crippen molar-refractivity contribution in [3.63, 3.8) is 0 Å². The van der Waals surface area contributed by atoms with E-state index in [1.54, 1.807) is 0 Å². The highest BCUT2D eigenvalue weighted by Crippen LogP contribution is 2.18. The minimum absolute atomic E-state index is 0.105. The van der Waals surface area contributed by atoms with Crippen LogP contribution in [0.1, 0.15) is 10.4 Å². The maximum absolute atomic E-state index is 13.3. The van der Waals surface area contributed by atoms with Gasteiger partial charge in [0, 0.05) is 19.2 Å². The van der Waals surface area contributed by atoms with Crippen LogP contribution in [0.25, 0.3) is 0 Å². The number of halogens is 1. The molecule has 0 heterocycles. The number of hydrogen-bond acceptors (Lipinski definition) is 3. The molecule has 1 aromatic carbocycles. The zero-order chi connectivity index (χ0) is 11.3. The van der Waals surface area contributed by atoms with Gasteiger partial charge < -0.3 is 15.8 Å². The number of nitrogens with one attached hydrogen (secondary N) is 1. The molecule has 5 heteroatoms. The highest BCUT2D eigenvalue weighted by Gasteiger charge is 2.08. The van der Waals surface area contributed by atoms with Crippen molar-refractivity contribution >= 4 is 5.91 Å². The Morgan fingerprint density at radius 2 is 2.33 bits per heavy atom. The third-order valence-electron chi connectivity index (χ3n) is 1.80. The van der Waals surface area contributed by atoms with Crippen molar-refractivity contribution in [3.8, 4) is 5.75 Å². The second kappa shape index (κ2) is 5.31. The molecule has 82 valence electrons. The van der Waals surface area contributed by atoms with Crippen molar-refractivity contribution in [2.24, 2.45) is 5.73 Å². The highest BCUT2D eigenvalue weighted by molar-refractivity contribution is 5.94. The number of benzene rings is 1. The van der Waals surface area contributed by atoms with Gasteiger partial charge in [0.05, 0.1) is 0 Å². The Labute approximate surface area is 87.2 Å². The zero-order valence-corrected chi connectivity index (χ0v) is 8.42. The van der Waals surface area contributed by atoms with Crippen molar-refractivity contribution in [2.45, 2.75) is 0 Å². The maximum atomic E-state index is 13.3. The number of ether oxygens (including phenoxy) is 1. The van der Waals surface area contributed by atoms with E-state index in [1.807, 2.05) is 0 Å². The van der Waals surface area contributed by atoms with E-state index in [1.165, 1.54) is 19.2 Å². The molecule has 0 aliphatic carbocycles. The molecular formula is C10H13FN2O2. The van der Waals surface area contributed by atoms with Crippen LogP contribution in [0.4, 0.5) is 4.39 Å². The van der Waals surface area contributed by atoms with E-state index >= 15 is 0 Å². The summed E-state index contributed by atoms with van der Waals surface area (Å²) in [5.74, 6) is -0.795. The Kier molecular flexibility index (Phi) is 4.05. The van der Waals surface area contributed by atoms with E-state index in [2.05, 4.69) is 5.32 Å². The Morgan fingerprint density at radius 1 is 1.60 bits per heavy atom. The van der Waals surface area contributed by atoms with E-state index < -0.39 is 5.82 Å². The van der Waals surface area contributed by atoms with E-state index in [0.717, 1.165) is 6.07 Å². The normalized spacial score (nSPS) is 9.80. The van der Waals surface area contributed by atoms with Crippen LogP contribution in [0.3, 0.4) is 0 Å². The second-order valence-electron chi connectivity index (χ2n) is 2.86. The highest BCUT2D eigenvalue weighted by atomic mass is 19.1. The first kappa shape index (κ1) is 11.5. The Bertz CT molecular complexity index is 355. The van der Waals surface area contributed by atoms with E-state index in [-0.39, 0.29) is 23.8 Å². The molecule has 0 unspecified atom stereocenters. The summed E-state index contributed by atoms with van der Waals surface area (Å²) in [5.41, 5.74) is 5.47. The smallest absolute Gasteiger partial charge is 0.251 e. The lowest BCUT2D eigenvalue weighted by molar-refractivity contribution is 0.0962. The summed E-state index contributed by atoms with van der Waals surface area (Å²) >= 11 is 0. The molecule has 0 aromatic heterocycles. The van der Waals surface area contributed by atoms with Gasteiger partial charge in [-0.3, -0.25) is 4.79 Å². The molecule has 15 heavy (non-hydrogen) atoms. The minimum atomic E-state index is -0.565. The fraction of sp³-hybridized carbons (Fsp3) is 0.300. The number of carbonyl (C=O) groups excluding carboxylic acids is 1. The van der Waals surface area contributed by atoms with Crippen LogP contribution in [0.2, 0.25) is 0 Å². The summed E-state index contributed by atoms with van der Waals surface area (Å²) in [7, 11) is 1.49. The first-order valence-corrected chi connectivity index (χ1v) is 4.53. The van der Waals surface area contributed by atoms with Crippen LogP contribution in [0.5, 0.6) is 5.75 Å². The lowest BCUT2D eigenvalue weighted by Crippen LogP contribution is -2.18. The van der Waals surface area contributed by atoms with Crippen LogP contribution >= 0.6 is 0 Å². The topological polar surface area (TPSA) is 64.3 Å². The van der Waals surface area contributed by atoms with Gasteiger partial charge in [-0.2, -0.15) is 0 Å². The van der Waals surface area contributed by atoms with Crippen LogP contribution in [0, 0.1) is 5.82 Å². The number of hydrogen-bond donors (Lipinski definition) is 2. The molecular weight excluding hydrogens is 199 g/mol. The average Bonchev–Trinajstić information content (AvgIpc) is 2.26. The molecule has 0 radical (unpaired) electrons. The van der Waals surface area contributed by atoms with E-state index in [9.17, 15) is 9.18 Å². The summed E-state index contributed by atoms with van der Waals surface area (Å²) in [5, 5.41) is 2.40. The van der Waals surface area contributed by atoms with Gasteiger partial charge in [-0.1, -0.05) is 0 Å². The van der Waals surface area contributed by atoms with Gasteiger partial charge in [0.15, 0.2) is 11.6 Å². The third-order valence-corrected chi connectivity index (χ3v) is 1.80. The van der Waals surface area contributed by atoms with E-state index in [4.69, 9.17) is 10.5 Å². The fourth-order valence-corrected chi connectivity index (χ4v) is 1.07. The van der Waals surface area contributed by atoms with E-state index in [0.29, 0.717) is 6.54 Å². The van der Waals surface area contributed by atoms with Crippen LogP contribution in [-0.2, 0) is 0 Å². The van der Waals surface area contributed by atoms with Gasteiger partial charge in [0.1, 0.15) is 6.61 Å². The fourth-order valence-electron chi connectivity index (χ4n) is 1.07. The van der Waals surface area contributed by atoms with Crippen molar-refractivity contribution in [1.82, 2.24) is 5.32 Å². The summed E-state index contributed by atoms with van der Waals surface area (Å²) in [6, 6.07) is 4.04. The number of amides is 1. The predicted octanol–water partition coefficient (Wildman–Crippen LogP) is 0.523. The molecule has 1 amide bonds. The molecule has 0 saturated carbocycles. The second-order valence-corrected chi connectivity index (χ2v) is 2.86. The molecule has 0 aliphatic heterocycles. The first-order chi connectivity index (χ1) is 7.19. The molecule has 0 spiro atoms. The van der Waals surface area contributed by atoms with Crippen molar-refractivity contribution < 1.29 is 13.9 Å². The Hall–Kier alpha value is -1.62. The lowest BCUT2D eigenvalue weighted by Gasteiger charge is -2.06. The molecule has 4 nitrogen and oxygen atoms in total. The Balaban J connectivity index is 2.83. The van der Waals surface area contributed by atoms with Gasteiger partial charge in [-0.15, -0.1) is 0 Å². The van der Waals surface area contributed by atoms with Gasteiger partial charge >= 0.3 is 0 Å². The standard InChI is InChI=1S/C10H13FN2O2/c1-13-10(14)7-2-3-9(8(11)6-7)15-5-4-12/h2-3,6H,4-5,12H2,1H3,(H,13,14). The zero-order valence-electron chi connectivity index (χ0n) is 8.42. The van der Waals surface area contributed by atoms with Crippen molar-refractivity contribution in [1.29, 1.82) is 0 Å². The minimum Gasteiger partial charge on any atom is -0.489 e. The first-order valence-electron chi connectivity index (χ1n) is 4.53. The number of rotatable bonds is 4. The average molecular weight is 212 g/mol. The Morgan fingerprint density at radius 3 is 2.87 bits per heavy atom. The number of nitrogens with two attached hydrogens (primary N) is 1. The molecule has 0 fully saturated rings. The molecule has 1 rings (SSSR count). The maximum Gasteiger partial charge on any atom is 0.251 e. The summed E-state index contributed by atoms with van der Waals surface area (Å²) < 4.78 is 18.3. The van der Waals surface area contributed by atoms with Gasteiger partial charge in [-0.25, -0.2) is 4.39 Å². The van der Waals surface area contributed by atoms with Crippen molar-refractivity contribution in [2.75, 3.05) is 20.2 Å². The monoisotopic (exact) mass is 212 g/mol. The van der Waals surface area contributed by atoms with Crippen LogP contribution in [0.15, 0.2) is 18.2 Å². The molecule has 0 atom stereocenters. The molecule has 0 saturated heterocycles. The number of carbonyl (C=O) groups is 1. The third kappa shape index (κ3) is 2.92. The lowest BCUT2D eigenvalue weighted by atomic mass is 10.2. The van der Waals surface area contributed by atoms with Crippen molar-refractivity contribution in [3.05, 3.63) is 29.6 Å². The summed E-state index contributed by atoms with van der Waals surface area (Å²) in [4.78, 5) is 11.2. The largest absolute Gasteiger partial charge is 0.489 e. The SMILES string of the molecule is CNC(=O)c1ccc(OCCN)c(F)c1. The molecule has 3 N–H and O–H groups in total. The molecule has 0 bridgehead atoms. The molecule has 0 aliphatic rings. The summed E-state index contributed by atoms with van der Waals surface area (Å²) in [6.07, 6.45) is 0. The summed E-state index contributed by atoms with van der Waals surface area (Å²) in [6.45, 7) is 0.562.